The van der Waals surface area contributed by atoms with E-state index in [4.69, 9.17) is 14.2 Å². The van der Waals surface area contributed by atoms with Gasteiger partial charge in [0.2, 0.25) is 17.7 Å². The van der Waals surface area contributed by atoms with Gasteiger partial charge in [0.05, 0.1) is 6.04 Å². The van der Waals surface area contributed by atoms with E-state index >= 15 is 0 Å². The van der Waals surface area contributed by atoms with Crippen LogP contribution in [0.1, 0.15) is 133 Å². The maximum atomic E-state index is 15.0. The molecule has 7 atom stereocenters. The fraction of sp³-hybridized carbons (Fsp3) is 0.588. The molecule has 0 radical (unpaired) electrons. The van der Waals surface area contributed by atoms with Crippen LogP contribution in [0.4, 0.5) is 4.79 Å². The molecule has 1 saturated heterocycles. The molecule has 5 N–H and O–H groups in total. The van der Waals surface area contributed by atoms with Gasteiger partial charge in [0, 0.05) is 55.1 Å². The van der Waals surface area contributed by atoms with Crippen molar-refractivity contribution >= 4 is 74.6 Å². The second kappa shape index (κ2) is 31.3. The molecule has 402 valence electrons. The zero-order chi connectivity index (χ0) is 53.5. The van der Waals surface area contributed by atoms with Crippen molar-refractivity contribution in [2.75, 3.05) is 32.7 Å². The number of rotatable bonds is 27. The second-order valence-electron chi connectivity index (χ2n) is 18.6. The Labute approximate surface area is 441 Å². The van der Waals surface area contributed by atoms with Gasteiger partial charge in [-0.3, -0.25) is 39.1 Å². The van der Waals surface area contributed by atoms with Crippen molar-refractivity contribution in [1.29, 1.82) is 0 Å². The average Bonchev–Trinajstić information content (AvgIpc) is 3.76. The molecule has 1 unspecified atom stereocenters. The number of hydrogen-bond acceptors (Lipinski definition) is 17. The van der Waals surface area contributed by atoms with Crippen LogP contribution in [0.25, 0.3) is 0 Å². The lowest BCUT2D eigenvalue weighted by Crippen LogP contribution is -2.58. The molecule has 1 aromatic carbocycles. The number of pyridine rings is 1. The lowest BCUT2D eigenvalue weighted by atomic mass is 9.92. The minimum atomic E-state index is -1.05. The van der Waals surface area contributed by atoms with Crippen LogP contribution in [-0.2, 0) is 44.6 Å². The summed E-state index contributed by atoms with van der Waals surface area (Å²) in [6.45, 7) is 12.8. The van der Waals surface area contributed by atoms with E-state index in [0.717, 1.165) is 47.7 Å². The van der Waals surface area contributed by atoms with Gasteiger partial charge in [0.25, 0.3) is 5.91 Å². The number of ether oxygens (including phenoxy) is 3. The van der Waals surface area contributed by atoms with E-state index in [1.54, 1.807) is 25.3 Å². The standard InChI is InChI=1S/C51H74N8O11S3/c1-9-16-44(62)69-31-59(50(66)45(33(5)10-2)55-48(65)40-17-12-11-15-24-58(40)8)41(32(3)4)29-42(70-35(7)60)49-54-39(30-71-49)47(64)53-37(28-36-19-21-38(61)22-20-36)27-34(6)46(63)56-57-51(67)68-25-26-72-73-43-18-13-14-23-52-43/h13-14,18-23,30,32-34,37,40-42,45,61H,9-12,15-17,24-29,31H2,1-8H3,(H,53,64)(H,55,65)(H,56,63)(H,57,67)/t33?,34-,37+,40+,41+,42+,45-/m0/s1. The third-order valence-corrected chi connectivity index (χ3v) is 15.6. The number of nitrogens with zero attached hydrogens (tertiary/aromatic N) is 4. The Kier molecular flexibility index (Phi) is 25.8. The molecular formula is C51H74N8O11S3. The number of benzene rings is 1. The highest BCUT2D eigenvalue weighted by Gasteiger charge is 2.39. The number of likely N-dealkylation sites (N-methyl/N-ethyl adjacent to an activating group) is 1. The molecule has 4 rings (SSSR count). The van der Waals surface area contributed by atoms with Crippen molar-refractivity contribution in [1.82, 2.24) is 41.3 Å². The smallest absolute Gasteiger partial charge is 0.426 e. The molecule has 2 aromatic heterocycles. The van der Waals surface area contributed by atoms with Gasteiger partial charge >= 0.3 is 18.0 Å². The Morgan fingerprint density at radius 3 is 2.37 bits per heavy atom. The van der Waals surface area contributed by atoms with Crippen molar-refractivity contribution in [2.45, 2.75) is 148 Å². The first-order valence-electron chi connectivity index (χ1n) is 25.0. The number of phenolic OH excluding ortho intramolecular Hbond substituents is 1. The number of hydrazine groups is 1. The summed E-state index contributed by atoms with van der Waals surface area (Å²) >= 11 is 1.09. The lowest BCUT2D eigenvalue weighted by molar-refractivity contribution is -0.160. The molecule has 0 spiro atoms. The maximum Gasteiger partial charge on any atom is 0.426 e. The summed E-state index contributed by atoms with van der Waals surface area (Å²) in [7, 11) is 4.83. The average molecular weight is 1070 g/mol. The van der Waals surface area contributed by atoms with Crippen LogP contribution < -0.4 is 21.5 Å². The van der Waals surface area contributed by atoms with Crippen molar-refractivity contribution in [3.8, 4) is 5.75 Å². The summed E-state index contributed by atoms with van der Waals surface area (Å²) in [4.78, 5) is 107. The molecule has 0 aliphatic carbocycles. The summed E-state index contributed by atoms with van der Waals surface area (Å²) in [6.07, 6.45) is 4.99. The van der Waals surface area contributed by atoms with E-state index < -0.39 is 78.7 Å². The van der Waals surface area contributed by atoms with Gasteiger partial charge < -0.3 is 34.9 Å². The van der Waals surface area contributed by atoms with E-state index in [-0.39, 0.29) is 66.5 Å². The van der Waals surface area contributed by atoms with Gasteiger partial charge in [0.15, 0.2) is 12.8 Å². The first-order chi connectivity index (χ1) is 34.9. The quantitative estimate of drug-likeness (QED) is 0.0125. The molecule has 3 heterocycles. The number of nitrogens with one attached hydrogen (secondary N) is 4. The van der Waals surface area contributed by atoms with Crippen LogP contribution in [0.5, 0.6) is 5.75 Å². The van der Waals surface area contributed by atoms with Crippen molar-refractivity contribution < 1.29 is 52.9 Å². The number of carbonyl (C=O) groups excluding carboxylic acids is 7. The highest BCUT2D eigenvalue weighted by Crippen LogP contribution is 2.32. The maximum absolute atomic E-state index is 15.0. The fourth-order valence-electron chi connectivity index (χ4n) is 8.19. The Hall–Kier alpha value is -5.45. The molecule has 1 aliphatic rings. The highest BCUT2D eigenvalue weighted by molar-refractivity contribution is 8.76. The zero-order valence-electron chi connectivity index (χ0n) is 43.3. The fourth-order valence-corrected chi connectivity index (χ4v) is 10.7. The Morgan fingerprint density at radius 1 is 0.945 bits per heavy atom. The summed E-state index contributed by atoms with van der Waals surface area (Å²) in [5, 5.41) is 18.6. The van der Waals surface area contributed by atoms with Gasteiger partial charge in [-0.2, -0.15) is 0 Å². The summed E-state index contributed by atoms with van der Waals surface area (Å²) in [5.41, 5.74) is 5.43. The highest BCUT2D eigenvalue weighted by atomic mass is 33.1. The second-order valence-corrected chi connectivity index (χ2v) is 22.0. The topological polar surface area (TPSA) is 248 Å². The lowest BCUT2D eigenvalue weighted by Gasteiger charge is -2.39. The Morgan fingerprint density at radius 2 is 1.70 bits per heavy atom. The number of phenols is 1. The van der Waals surface area contributed by atoms with Gasteiger partial charge in [0.1, 0.15) is 34.1 Å². The van der Waals surface area contributed by atoms with E-state index in [1.165, 1.54) is 50.9 Å². The summed E-state index contributed by atoms with van der Waals surface area (Å²) in [5.74, 6) is -3.67. The molecule has 73 heavy (non-hydrogen) atoms. The number of aromatic nitrogens is 2. The number of thiazole rings is 1. The minimum absolute atomic E-state index is 0.0107. The van der Waals surface area contributed by atoms with Crippen LogP contribution >= 0.6 is 32.9 Å². The van der Waals surface area contributed by atoms with Crippen molar-refractivity contribution in [3.05, 3.63) is 70.3 Å². The number of likely N-dealkylation sites (tertiary alicyclic amines) is 1. The summed E-state index contributed by atoms with van der Waals surface area (Å²) < 4.78 is 16.8. The number of esters is 2. The molecule has 3 aromatic rings. The molecule has 1 aliphatic heterocycles. The van der Waals surface area contributed by atoms with Crippen LogP contribution in [-0.4, -0.2) is 123 Å². The van der Waals surface area contributed by atoms with Gasteiger partial charge in [-0.15, -0.1) is 11.3 Å². The largest absolute Gasteiger partial charge is 0.508 e. The van der Waals surface area contributed by atoms with Crippen LogP contribution in [0.2, 0.25) is 0 Å². The third kappa shape index (κ3) is 20.4. The number of amides is 5. The molecular weight excluding hydrogens is 997 g/mol. The molecule has 22 heteroatoms. The predicted molar refractivity (Wildman–Crippen MR) is 281 cm³/mol. The van der Waals surface area contributed by atoms with E-state index in [2.05, 4.69) is 31.5 Å². The minimum Gasteiger partial charge on any atom is -0.508 e. The van der Waals surface area contributed by atoms with Gasteiger partial charge in [-0.25, -0.2) is 20.2 Å². The predicted octanol–water partition coefficient (Wildman–Crippen LogP) is 7.36. The van der Waals surface area contributed by atoms with E-state index in [9.17, 15) is 38.7 Å². The number of carbonyl (C=O) groups is 7. The first kappa shape index (κ1) is 60.1. The molecule has 1 fully saturated rings. The Bertz CT molecular complexity index is 2240. The Balaban J connectivity index is 1.51. The van der Waals surface area contributed by atoms with Crippen molar-refractivity contribution in [2.24, 2.45) is 17.8 Å². The van der Waals surface area contributed by atoms with E-state index in [0.29, 0.717) is 25.0 Å². The molecule has 5 amide bonds. The normalized spacial score (nSPS) is 16.3. The summed E-state index contributed by atoms with van der Waals surface area (Å²) in [6, 6.07) is 9.29. The van der Waals surface area contributed by atoms with Crippen LogP contribution in [0.15, 0.2) is 59.1 Å². The van der Waals surface area contributed by atoms with Crippen LogP contribution in [0.3, 0.4) is 0 Å². The molecule has 0 saturated carbocycles. The first-order valence-corrected chi connectivity index (χ1v) is 28.2. The number of aromatic hydroxyl groups is 1. The van der Waals surface area contributed by atoms with E-state index in [1.807, 2.05) is 64.8 Å². The molecule has 19 nitrogen and oxygen atoms in total. The van der Waals surface area contributed by atoms with Gasteiger partial charge in [-0.1, -0.05) is 89.8 Å². The monoisotopic (exact) mass is 1070 g/mol. The third-order valence-electron chi connectivity index (χ3n) is 12.5. The van der Waals surface area contributed by atoms with Crippen LogP contribution in [0, 0.1) is 17.8 Å². The SMILES string of the molecule is CCCC(=O)OCN(C(=O)[C@@H](NC(=O)[C@H]1CCCCCN1C)C(C)CC)[C@H](C[C@@H](OC(C)=O)c1nc(C(=O)N[C@@H](Cc2ccc(O)cc2)C[C@H](C)C(=O)NNC(=O)OCCSSc2ccccn2)cs1)C(C)C. The van der Waals surface area contributed by atoms with Crippen molar-refractivity contribution in [3.63, 3.8) is 0 Å². The number of hydrogen-bond donors (Lipinski definition) is 5. The van der Waals surface area contributed by atoms with Gasteiger partial charge in [-0.05, 0) is 98.2 Å². The zero-order valence-corrected chi connectivity index (χ0v) is 45.7. The molecule has 0 bridgehead atoms.